The number of ether oxygens (including phenoxy) is 1. The quantitative estimate of drug-likeness (QED) is 0.463. The van der Waals surface area contributed by atoms with E-state index in [4.69, 9.17) is 4.74 Å². The van der Waals surface area contributed by atoms with Crippen molar-refractivity contribution in [2.24, 2.45) is 5.92 Å². The van der Waals surface area contributed by atoms with Crippen LogP contribution in [0.15, 0.2) is 11.6 Å². The summed E-state index contributed by atoms with van der Waals surface area (Å²) in [5.41, 5.74) is 1.56. The van der Waals surface area contributed by atoms with Gasteiger partial charge in [-0.1, -0.05) is 6.08 Å². The highest BCUT2D eigenvalue weighted by Crippen LogP contribution is 2.45. The summed E-state index contributed by atoms with van der Waals surface area (Å²) in [6.45, 7) is 0. The predicted octanol–water partition coefficient (Wildman–Crippen LogP) is 1.35. The molecule has 0 saturated heterocycles. The van der Waals surface area contributed by atoms with Gasteiger partial charge in [0, 0.05) is 13.0 Å². The van der Waals surface area contributed by atoms with E-state index in [9.17, 15) is 0 Å². The van der Waals surface area contributed by atoms with Crippen LogP contribution < -0.4 is 0 Å². The van der Waals surface area contributed by atoms with E-state index >= 15 is 0 Å². The van der Waals surface area contributed by atoms with Crippen LogP contribution in [0.3, 0.4) is 0 Å². The van der Waals surface area contributed by atoms with Crippen LogP contribution in [0.5, 0.6) is 0 Å². The fourth-order valence-corrected chi connectivity index (χ4v) is 1.53. The van der Waals surface area contributed by atoms with Gasteiger partial charge in [0.05, 0.1) is 6.10 Å². The average Bonchev–Trinajstić information content (AvgIpc) is 2.46. The first-order chi connectivity index (χ1) is 3.92. The molecule has 2 rings (SSSR count). The zero-order chi connectivity index (χ0) is 5.56. The molecule has 8 heavy (non-hydrogen) atoms. The summed E-state index contributed by atoms with van der Waals surface area (Å²) >= 11 is 0. The molecule has 0 heterocycles. The number of allylic oxidation sites excluding steroid dienone is 1. The molecule has 2 aliphatic carbocycles. The largest absolute Gasteiger partial charge is 0.377 e. The number of methoxy groups -OCH3 is 1. The Bertz CT molecular complexity index is 137. The lowest BCUT2D eigenvalue weighted by Gasteiger charge is -2.03. The van der Waals surface area contributed by atoms with Gasteiger partial charge < -0.3 is 4.74 Å². The van der Waals surface area contributed by atoms with Gasteiger partial charge in [0.25, 0.3) is 0 Å². The van der Waals surface area contributed by atoms with Crippen LogP contribution in [0.4, 0.5) is 0 Å². The highest BCUT2D eigenvalue weighted by atomic mass is 16.5. The highest BCUT2D eigenvalue weighted by molar-refractivity contribution is 5.36. The van der Waals surface area contributed by atoms with Gasteiger partial charge in [0.2, 0.25) is 0 Å². The van der Waals surface area contributed by atoms with Gasteiger partial charge in [-0.15, -0.1) is 0 Å². The van der Waals surface area contributed by atoms with Crippen molar-refractivity contribution in [3.8, 4) is 0 Å². The minimum Gasteiger partial charge on any atom is -0.377 e. The highest BCUT2D eigenvalue weighted by Gasteiger charge is 2.37. The smallest absolute Gasteiger partial charge is 0.0787 e. The van der Waals surface area contributed by atoms with E-state index in [0.717, 1.165) is 5.92 Å². The van der Waals surface area contributed by atoms with E-state index in [1.165, 1.54) is 12.8 Å². The topological polar surface area (TPSA) is 9.23 Å². The molecule has 1 nitrogen and oxygen atoms in total. The van der Waals surface area contributed by atoms with Crippen LogP contribution in [0.2, 0.25) is 0 Å². The van der Waals surface area contributed by atoms with E-state index in [-0.39, 0.29) is 0 Å². The molecule has 0 amide bonds. The molecule has 0 aliphatic heterocycles. The van der Waals surface area contributed by atoms with Crippen molar-refractivity contribution < 1.29 is 4.74 Å². The van der Waals surface area contributed by atoms with Gasteiger partial charge in [-0.05, 0) is 18.4 Å². The molecule has 0 spiro atoms. The van der Waals surface area contributed by atoms with E-state index in [1.807, 2.05) is 0 Å². The first-order valence-electron chi connectivity index (χ1n) is 3.16. The zero-order valence-electron chi connectivity index (χ0n) is 5.05. The fraction of sp³-hybridized carbons (Fsp3) is 0.714. The van der Waals surface area contributed by atoms with Gasteiger partial charge in [0.15, 0.2) is 0 Å². The molecule has 2 atom stereocenters. The Morgan fingerprint density at radius 3 is 2.75 bits per heavy atom. The number of hydrogen-bond donors (Lipinski definition) is 0. The molecule has 0 aromatic heterocycles. The first kappa shape index (κ1) is 4.57. The predicted molar refractivity (Wildman–Crippen MR) is 31.6 cm³/mol. The monoisotopic (exact) mass is 110 g/mol. The van der Waals surface area contributed by atoms with E-state index in [0.29, 0.717) is 6.10 Å². The van der Waals surface area contributed by atoms with Crippen molar-refractivity contribution in [2.45, 2.75) is 18.9 Å². The second kappa shape index (κ2) is 1.35. The fourth-order valence-electron chi connectivity index (χ4n) is 1.53. The Kier molecular flexibility index (Phi) is 0.770. The minimum atomic E-state index is 0.500. The van der Waals surface area contributed by atoms with Gasteiger partial charge in [-0.25, -0.2) is 0 Å². The molecular weight excluding hydrogens is 100 g/mol. The Hall–Kier alpha value is -0.300. The van der Waals surface area contributed by atoms with Crippen molar-refractivity contribution in [1.82, 2.24) is 0 Å². The molecule has 0 bridgehead atoms. The second-order valence-corrected chi connectivity index (χ2v) is 2.57. The standard InChI is InChI=1S/C7H10O/c1-8-7-3-2-5-4-6(5)7/h4-5,7H,2-3H2,1H3. The Labute approximate surface area is 49.3 Å². The summed E-state index contributed by atoms with van der Waals surface area (Å²) in [5, 5.41) is 0. The lowest BCUT2D eigenvalue weighted by atomic mass is 10.3. The maximum atomic E-state index is 5.20. The van der Waals surface area contributed by atoms with Gasteiger partial charge in [-0.3, -0.25) is 0 Å². The molecule has 1 heteroatoms. The van der Waals surface area contributed by atoms with Crippen LogP contribution in [0.25, 0.3) is 0 Å². The number of fused-ring (bicyclic) bond motifs is 1. The molecule has 1 fully saturated rings. The van der Waals surface area contributed by atoms with Crippen LogP contribution >= 0.6 is 0 Å². The van der Waals surface area contributed by atoms with Crippen molar-refractivity contribution >= 4 is 0 Å². The third-order valence-electron chi connectivity index (χ3n) is 2.11. The van der Waals surface area contributed by atoms with E-state index in [2.05, 4.69) is 6.08 Å². The Balaban J connectivity index is 2.06. The van der Waals surface area contributed by atoms with Gasteiger partial charge in [-0.2, -0.15) is 0 Å². The molecule has 44 valence electrons. The molecule has 2 unspecified atom stereocenters. The maximum absolute atomic E-state index is 5.20. The molecule has 0 N–H and O–H groups in total. The van der Waals surface area contributed by atoms with Crippen molar-refractivity contribution in [1.29, 1.82) is 0 Å². The average molecular weight is 110 g/mol. The van der Waals surface area contributed by atoms with Crippen LogP contribution in [0.1, 0.15) is 12.8 Å². The zero-order valence-corrected chi connectivity index (χ0v) is 5.05. The summed E-state index contributed by atoms with van der Waals surface area (Å²) in [7, 11) is 1.80. The van der Waals surface area contributed by atoms with Gasteiger partial charge in [0.1, 0.15) is 0 Å². The van der Waals surface area contributed by atoms with Crippen LogP contribution in [-0.4, -0.2) is 13.2 Å². The summed E-state index contributed by atoms with van der Waals surface area (Å²) in [4.78, 5) is 0. The molecule has 0 aromatic rings. The van der Waals surface area contributed by atoms with Crippen molar-refractivity contribution in [2.75, 3.05) is 7.11 Å². The minimum absolute atomic E-state index is 0.500. The van der Waals surface area contributed by atoms with Gasteiger partial charge >= 0.3 is 0 Å². The SMILES string of the molecule is COC1CCC2C=C21. The third-order valence-corrected chi connectivity index (χ3v) is 2.11. The second-order valence-electron chi connectivity index (χ2n) is 2.57. The molecule has 0 aromatic carbocycles. The number of hydrogen-bond acceptors (Lipinski definition) is 1. The Morgan fingerprint density at radius 2 is 2.50 bits per heavy atom. The Morgan fingerprint density at radius 1 is 1.62 bits per heavy atom. The molecule has 1 saturated carbocycles. The van der Waals surface area contributed by atoms with E-state index in [1.54, 1.807) is 12.7 Å². The number of rotatable bonds is 1. The lowest BCUT2D eigenvalue weighted by molar-refractivity contribution is 0.138. The summed E-state index contributed by atoms with van der Waals surface area (Å²) < 4.78 is 5.20. The van der Waals surface area contributed by atoms with Crippen molar-refractivity contribution in [3.05, 3.63) is 11.6 Å². The summed E-state index contributed by atoms with van der Waals surface area (Å²) in [6, 6.07) is 0. The van der Waals surface area contributed by atoms with Crippen molar-refractivity contribution in [3.63, 3.8) is 0 Å². The normalized spacial score (nSPS) is 41.4. The molecule has 0 radical (unpaired) electrons. The summed E-state index contributed by atoms with van der Waals surface area (Å²) in [6.07, 6.45) is 5.42. The molecule has 2 aliphatic rings. The third kappa shape index (κ3) is 0.451. The first-order valence-corrected chi connectivity index (χ1v) is 3.16. The molecular formula is C7H10O. The lowest BCUT2D eigenvalue weighted by Crippen LogP contribution is -2.02. The van der Waals surface area contributed by atoms with E-state index < -0.39 is 0 Å². The maximum Gasteiger partial charge on any atom is 0.0787 e. The van der Waals surface area contributed by atoms with Crippen LogP contribution in [0, 0.1) is 5.92 Å². The summed E-state index contributed by atoms with van der Waals surface area (Å²) in [5.74, 6) is 0.861. The van der Waals surface area contributed by atoms with Crippen LogP contribution in [-0.2, 0) is 4.74 Å².